The van der Waals surface area contributed by atoms with Gasteiger partial charge in [-0.3, -0.25) is 0 Å². The van der Waals surface area contributed by atoms with E-state index >= 15 is 0 Å². The highest BCUT2D eigenvalue weighted by Gasteiger charge is 2.19. The lowest BCUT2D eigenvalue weighted by molar-refractivity contribution is 0.488. The van der Waals surface area contributed by atoms with Crippen molar-refractivity contribution in [2.24, 2.45) is 0 Å². The first-order chi connectivity index (χ1) is 8.42. The second kappa shape index (κ2) is 4.59. The number of benzene rings is 1. The van der Waals surface area contributed by atoms with Gasteiger partial charge in [0.05, 0.1) is 17.7 Å². The van der Waals surface area contributed by atoms with Gasteiger partial charge in [-0.15, -0.1) is 0 Å². The molecule has 4 nitrogen and oxygen atoms in total. The fourth-order valence-electron chi connectivity index (χ4n) is 2.17. The van der Waals surface area contributed by atoms with E-state index in [1.54, 1.807) is 6.33 Å². The van der Waals surface area contributed by atoms with Crippen molar-refractivity contribution in [3.63, 3.8) is 0 Å². The van der Waals surface area contributed by atoms with Crippen LogP contribution in [0.15, 0.2) is 36.7 Å². The van der Waals surface area contributed by atoms with Crippen molar-refractivity contribution in [3.8, 4) is 0 Å². The largest absolute Gasteiger partial charge is 0.383 e. The molecule has 3 rings (SSSR count). The molecule has 2 aromatic rings. The van der Waals surface area contributed by atoms with Crippen LogP contribution < -0.4 is 10.6 Å². The van der Waals surface area contributed by atoms with Gasteiger partial charge in [-0.05, 0) is 12.1 Å². The molecule has 1 aliphatic heterocycles. The van der Waals surface area contributed by atoms with Gasteiger partial charge in [-0.2, -0.15) is 0 Å². The van der Waals surface area contributed by atoms with Crippen molar-refractivity contribution in [3.05, 3.63) is 48.0 Å². The smallest absolute Gasteiger partial charge is 0.0925 e. The molecule has 4 heteroatoms. The molecule has 0 saturated heterocycles. The minimum absolute atomic E-state index is 0.450. The standard InChI is InChI=1S/C13H16N4/c1-2-4-10(5-3-1)14-7-11-6-12-13(8-15-11)17-9-16-12/h1-5,9,11,14-15H,6-8H2,(H,16,17). The Labute approximate surface area is 100 Å². The average molecular weight is 228 g/mol. The van der Waals surface area contributed by atoms with E-state index in [1.807, 2.05) is 18.2 Å². The van der Waals surface area contributed by atoms with Crippen molar-refractivity contribution >= 4 is 5.69 Å². The molecule has 17 heavy (non-hydrogen) atoms. The number of fused-ring (bicyclic) bond motifs is 1. The lowest BCUT2D eigenvalue weighted by atomic mass is 10.1. The average Bonchev–Trinajstić information content (AvgIpc) is 2.85. The Balaban J connectivity index is 1.58. The summed E-state index contributed by atoms with van der Waals surface area (Å²) in [4.78, 5) is 7.50. The number of rotatable bonds is 3. The minimum Gasteiger partial charge on any atom is -0.383 e. The van der Waals surface area contributed by atoms with Gasteiger partial charge in [0.2, 0.25) is 0 Å². The maximum Gasteiger partial charge on any atom is 0.0925 e. The Morgan fingerprint density at radius 1 is 1.29 bits per heavy atom. The van der Waals surface area contributed by atoms with Gasteiger partial charge in [0.15, 0.2) is 0 Å². The number of aromatic amines is 1. The van der Waals surface area contributed by atoms with Crippen molar-refractivity contribution in [1.82, 2.24) is 15.3 Å². The van der Waals surface area contributed by atoms with Gasteiger partial charge in [-0.25, -0.2) is 4.98 Å². The lowest BCUT2D eigenvalue weighted by Crippen LogP contribution is -2.40. The monoisotopic (exact) mass is 228 g/mol. The van der Waals surface area contributed by atoms with E-state index in [0.29, 0.717) is 6.04 Å². The highest BCUT2D eigenvalue weighted by atomic mass is 15.0. The first-order valence-electron chi connectivity index (χ1n) is 5.95. The van der Waals surface area contributed by atoms with Crippen LogP contribution >= 0.6 is 0 Å². The number of hydrogen-bond acceptors (Lipinski definition) is 3. The van der Waals surface area contributed by atoms with Crippen LogP contribution in [-0.2, 0) is 13.0 Å². The van der Waals surface area contributed by atoms with Crippen LogP contribution in [0.4, 0.5) is 5.69 Å². The van der Waals surface area contributed by atoms with Crippen LogP contribution in [0, 0.1) is 0 Å². The van der Waals surface area contributed by atoms with Crippen LogP contribution in [-0.4, -0.2) is 22.6 Å². The number of hydrogen-bond donors (Lipinski definition) is 3. The molecule has 3 N–H and O–H groups in total. The predicted octanol–water partition coefficient (Wildman–Crippen LogP) is 1.54. The third-order valence-electron chi connectivity index (χ3n) is 3.14. The molecule has 1 aliphatic rings. The van der Waals surface area contributed by atoms with Crippen LogP contribution in [0.5, 0.6) is 0 Å². The molecule has 88 valence electrons. The van der Waals surface area contributed by atoms with Gasteiger partial charge in [0, 0.05) is 31.2 Å². The summed E-state index contributed by atoms with van der Waals surface area (Å²) in [5.74, 6) is 0. The van der Waals surface area contributed by atoms with Crippen LogP contribution in [0.3, 0.4) is 0 Å². The topological polar surface area (TPSA) is 52.7 Å². The molecule has 0 spiro atoms. The Morgan fingerprint density at radius 3 is 3.06 bits per heavy atom. The molecule has 2 heterocycles. The summed E-state index contributed by atoms with van der Waals surface area (Å²) < 4.78 is 0. The second-order valence-electron chi connectivity index (χ2n) is 4.36. The molecule has 1 unspecified atom stereocenters. The van der Waals surface area contributed by atoms with Gasteiger partial charge in [0.25, 0.3) is 0 Å². The molecular weight excluding hydrogens is 212 g/mol. The lowest BCUT2D eigenvalue weighted by Gasteiger charge is -2.23. The Hall–Kier alpha value is -1.81. The molecule has 1 aromatic heterocycles. The SMILES string of the molecule is c1ccc(NCC2Cc3nc[nH]c3CN2)cc1. The summed E-state index contributed by atoms with van der Waals surface area (Å²) in [5, 5.41) is 6.93. The zero-order valence-electron chi connectivity index (χ0n) is 9.61. The molecule has 1 aromatic carbocycles. The third kappa shape index (κ3) is 2.31. The zero-order chi connectivity index (χ0) is 11.5. The first-order valence-corrected chi connectivity index (χ1v) is 5.95. The van der Waals surface area contributed by atoms with E-state index in [9.17, 15) is 0 Å². The fourth-order valence-corrected chi connectivity index (χ4v) is 2.17. The summed E-state index contributed by atoms with van der Waals surface area (Å²) in [5.41, 5.74) is 3.59. The number of nitrogens with zero attached hydrogens (tertiary/aromatic N) is 1. The van der Waals surface area contributed by atoms with E-state index in [-0.39, 0.29) is 0 Å². The Bertz CT molecular complexity index is 477. The highest BCUT2D eigenvalue weighted by Crippen LogP contribution is 2.13. The molecule has 0 aliphatic carbocycles. The number of anilines is 1. The maximum absolute atomic E-state index is 4.34. The first kappa shape index (κ1) is 10.4. The summed E-state index contributed by atoms with van der Waals surface area (Å²) in [6.07, 6.45) is 2.76. The number of aromatic nitrogens is 2. The van der Waals surface area contributed by atoms with E-state index in [2.05, 4.69) is 32.7 Å². The highest BCUT2D eigenvalue weighted by molar-refractivity contribution is 5.42. The minimum atomic E-state index is 0.450. The quantitative estimate of drug-likeness (QED) is 0.747. The molecule has 0 amide bonds. The second-order valence-corrected chi connectivity index (χ2v) is 4.36. The third-order valence-corrected chi connectivity index (χ3v) is 3.14. The van der Waals surface area contributed by atoms with Crippen LogP contribution in [0.1, 0.15) is 11.4 Å². The predicted molar refractivity (Wildman–Crippen MR) is 67.9 cm³/mol. The van der Waals surface area contributed by atoms with Crippen LogP contribution in [0.25, 0.3) is 0 Å². The normalized spacial score (nSPS) is 18.7. The van der Waals surface area contributed by atoms with Gasteiger partial charge in [0.1, 0.15) is 0 Å². The summed E-state index contributed by atoms with van der Waals surface area (Å²) in [7, 11) is 0. The van der Waals surface area contributed by atoms with E-state index < -0.39 is 0 Å². The van der Waals surface area contributed by atoms with Crippen molar-refractivity contribution in [1.29, 1.82) is 0 Å². The molecule has 0 saturated carbocycles. The molecule has 0 fully saturated rings. The summed E-state index contributed by atoms with van der Waals surface area (Å²) >= 11 is 0. The maximum atomic E-state index is 4.34. The Morgan fingerprint density at radius 2 is 2.18 bits per heavy atom. The fraction of sp³-hybridized carbons (Fsp3) is 0.308. The van der Waals surface area contributed by atoms with E-state index in [1.165, 1.54) is 17.1 Å². The number of H-pyrrole nitrogens is 1. The molecular formula is C13H16N4. The van der Waals surface area contributed by atoms with Crippen molar-refractivity contribution in [2.45, 2.75) is 19.0 Å². The van der Waals surface area contributed by atoms with Gasteiger partial charge in [-0.1, -0.05) is 18.2 Å². The number of nitrogens with one attached hydrogen (secondary N) is 3. The molecule has 1 atom stereocenters. The van der Waals surface area contributed by atoms with Gasteiger partial charge >= 0.3 is 0 Å². The van der Waals surface area contributed by atoms with Crippen molar-refractivity contribution in [2.75, 3.05) is 11.9 Å². The molecule has 0 bridgehead atoms. The summed E-state index contributed by atoms with van der Waals surface area (Å²) in [6, 6.07) is 10.7. The molecule has 0 radical (unpaired) electrons. The van der Waals surface area contributed by atoms with Gasteiger partial charge < -0.3 is 15.6 Å². The van der Waals surface area contributed by atoms with E-state index in [0.717, 1.165) is 19.5 Å². The summed E-state index contributed by atoms with van der Waals surface area (Å²) in [6.45, 7) is 1.81. The van der Waals surface area contributed by atoms with Crippen molar-refractivity contribution < 1.29 is 0 Å². The van der Waals surface area contributed by atoms with Crippen LogP contribution in [0.2, 0.25) is 0 Å². The van der Waals surface area contributed by atoms with E-state index in [4.69, 9.17) is 0 Å². The number of imidazole rings is 1. The Kier molecular flexibility index (Phi) is 2.80. The zero-order valence-corrected chi connectivity index (χ0v) is 9.61. The number of para-hydroxylation sites is 1.